The molecule has 0 amide bonds. The number of aromatic nitrogens is 2. The van der Waals surface area contributed by atoms with Crippen molar-refractivity contribution in [2.75, 3.05) is 0 Å². The Labute approximate surface area is 132 Å². The van der Waals surface area contributed by atoms with Crippen LogP contribution in [0.25, 0.3) is 27.6 Å². The van der Waals surface area contributed by atoms with E-state index in [4.69, 9.17) is 0 Å². The van der Waals surface area contributed by atoms with Crippen LogP contribution < -0.4 is 5.30 Å². The molecule has 0 saturated heterocycles. The van der Waals surface area contributed by atoms with Crippen molar-refractivity contribution in [1.29, 1.82) is 0 Å². The second kappa shape index (κ2) is 4.93. The molecule has 1 atom stereocenters. The molecule has 0 saturated carbocycles. The summed E-state index contributed by atoms with van der Waals surface area (Å²) in [6.07, 6.45) is 1.95. The first-order valence-corrected chi connectivity index (χ1v) is 7.95. The van der Waals surface area contributed by atoms with Crippen LogP contribution in [0, 0.1) is 13.8 Å². The van der Waals surface area contributed by atoms with Crippen LogP contribution in [0.3, 0.4) is 0 Å². The lowest BCUT2D eigenvalue weighted by Crippen LogP contribution is -2.00. The fourth-order valence-electron chi connectivity index (χ4n) is 2.97. The van der Waals surface area contributed by atoms with E-state index in [-0.39, 0.29) is 0 Å². The van der Waals surface area contributed by atoms with Gasteiger partial charge < -0.3 is 0 Å². The second-order valence-electron chi connectivity index (χ2n) is 5.76. The number of rotatable bonds is 1. The molecule has 0 aliphatic heterocycles. The number of fused-ring (bicyclic) bond motifs is 3. The Hall–Kier alpha value is -2.18. The van der Waals surface area contributed by atoms with Gasteiger partial charge in [-0.1, -0.05) is 30.3 Å². The zero-order chi connectivity index (χ0) is 15.3. The van der Waals surface area contributed by atoms with E-state index >= 15 is 0 Å². The molecule has 1 unspecified atom stereocenters. The quantitative estimate of drug-likeness (QED) is 0.480. The minimum Gasteiger partial charge on any atom is -0.294 e. The number of hydrogen-bond acceptors (Lipinski definition) is 1. The van der Waals surface area contributed by atoms with E-state index in [0.717, 1.165) is 5.82 Å². The Morgan fingerprint density at radius 2 is 1.64 bits per heavy atom. The maximum absolute atomic E-state index is 4.67. The molecule has 3 heteroatoms. The van der Waals surface area contributed by atoms with Gasteiger partial charge in [0, 0.05) is 17.0 Å². The lowest BCUT2D eigenvalue weighted by Gasteiger charge is -2.09. The Balaban J connectivity index is 2.18. The first kappa shape index (κ1) is 13.5. The summed E-state index contributed by atoms with van der Waals surface area (Å²) in [6.45, 7) is 4.23. The van der Waals surface area contributed by atoms with Crippen LogP contribution in [0.4, 0.5) is 0 Å². The largest absolute Gasteiger partial charge is 0.294 e. The van der Waals surface area contributed by atoms with Gasteiger partial charge >= 0.3 is 0 Å². The summed E-state index contributed by atoms with van der Waals surface area (Å²) in [4.78, 5) is 4.67. The minimum absolute atomic E-state index is 0.977. The molecule has 2 nitrogen and oxygen atoms in total. The summed E-state index contributed by atoms with van der Waals surface area (Å²) in [5, 5.41) is 3.71. The molecule has 0 aliphatic rings. The number of hydrogen-bond donors (Lipinski definition) is 0. The molecule has 0 N–H and O–H groups in total. The number of para-hydroxylation sites is 1. The predicted molar refractivity (Wildman–Crippen MR) is 97.4 cm³/mol. The normalized spacial score (nSPS) is 11.4. The molecule has 0 aliphatic carbocycles. The van der Waals surface area contributed by atoms with Crippen molar-refractivity contribution in [3.05, 3.63) is 65.9 Å². The molecule has 2 aromatic carbocycles. The van der Waals surface area contributed by atoms with Crippen molar-refractivity contribution < 1.29 is 0 Å². The summed E-state index contributed by atoms with van der Waals surface area (Å²) in [5.41, 5.74) is 4.88. The van der Waals surface area contributed by atoms with E-state index in [1.54, 1.807) is 0 Å². The number of pyridine rings is 1. The molecule has 0 fully saturated rings. The molecule has 108 valence electrons. The van der Waals surface area contributed by atoms with E-state index in [2.05, 4.69) is 81.2 Å². The second-order valence-corrected chi connectivity index (χ2v) is 6.42. The predicted octanol–water partition coefficient (Wildman–Crippen LogP) is 4.30. The van der Waals surface area contributed by atoms with Crippen molar-refractivity contribution >= 4 is 36.4 Å². The van der Waals surface area contributed by atoms with Crippen LogP contribution in [0.5, 0.6) is 0 Å². The highest BCUT2D eigenvalue weighted by atomic mass is 31.0. The van der Waals surface area contributed by atoms with Crippen molar-refractivity contribution in [3.63, 3.8) is 0 Å². The van der Waals surface area contributed by atoms with Crippen molar-refractivity contribution in [2.24, 2.45) is 0 Å². The van der Waals surface area contributed by atoms with E-state index in [9.17, 15) is 0 Å². The van der Waals surface area contributed by atoms with Crippen LogP contribution in [0.15, 0.2) is 54.7 Å². The highest BCUT2D eigenvalue weighted by Crippen LogP contribution is 2.31. The smallest absolute Gasteiger partial charge is 0.137 e. The van der Waals surface area contributed by atoms with Crippen LogP contribution in [0.1, 0.15) is 11.1 Å². The Morgan fingerprint density at radius 1 is 0.864 bits per heavy atom. The third-order valence-corrected chi connectivity index (χ3v) is 4.64. The van der Waals surface area contributed by atoms with E-state index < -0.39 is 0 Å². The van der Waals surface area contributed by atoms with Gasteiger partial charge in [0.15, 0.2) is 0 Å². The van der Waals surface area contributed by atoms with E-state index in [1.807, 2.05) is 6.20 Å². The molecular weight excluding hydrogens is 287 g/mol. The number of benzene rings is 2. The first-order chi connectivity index (χ1) is 10.6. The summed E-state index contributed by atoms with van der Waals surface area (Å²) in [6, 6.07) is 17.2. The Morgan fingerprint density at radius 3 is 2.45 bits per heavy atom. The molecule has 0 spiro atoms. The Kier molecular flexibility index (Phi) is 3.02. The van der Waals surface area contributed by atoms with Crippen LogP contribution in [0.2, 0.25) is 0 Å². The summed E-state index contributed by atoms with van der Waals surface area (Å²) in [5.74, 6) is 0.977. The van der Waals surface area contributed by atoms with Crippen molar-refractivity contribution in [3.8, 4) is 5.82 Å². The molecular formula is C19H17N2P. The van der Waals surface area contributed by atoms with Crippen LogP contribution in [-0.2, 0) is 0 Å². The van der Waals surface area contributed by atoms with Gasteiger partial charge in [0.05, 0.1) is 11.0 Å². The maximum atomic E-state index is 4.67. The van der Waals surface area contributed by atoms with Gasteiger partial charge in [-0.25, -0.2) is 4.98 Å². The summed E-state index contributed by atoms with van der Waals surface area (Å²) < 4.78 is 2.25. The van der Waals surface area contributed by atoms with Gasteiger partial charge in [0.1, 0.15) is 5.82 Å². The first-order valence-electron chi connectivity index (χ1n) is 7.37. The molecule has 4 rings (SSSR count). The molecule has 22 heavy (non-hydrogen) atoms. The van der Waals surface area contributed by atoms with E-state index in [1.165, 1.54) is 38.2 Å². The lowest BCUT2D eigenvalue weighted by molar-refractivity contribution is 1.06. The van der Waals surface area contributed by atoms with Gasteiger partial charge in [-0.2, -0.15) is 0 Å². The summed E-state index contributed by atoms with van der Waals surface area (Å²) >= 11 is 0. The average Bonchev–Trinajstić information content (AvgIpc) is 2.83. The molecule has 4 aromatic rings. The molecule has 2 aromatic heterocycles. The molecule has 2 heterocycles. The summed E-state index contributed by atoms with van der Waals surface area (Å²) in [7, 11) is 2.78. The molecule has 0 radical (unpaired) electrons. The topological polar surface area (TPSA) is 17.8 Å². The van der Waals surface area contributed by atoms with Crippen LogP contribution in [-0.4, -0.2) is 9.55 Å². The van der Waals surface area contributed by atoms with Gasteiger partial charge in [0.25, 0.3) is 0 Å². The van der Waals surface area contributed by atoms with Gasteiger partial charge in [-0.05, 0) is 48.5 Å². The third-order valence-electron chi connectivity index (χ3n) is 4.28. The van der Waals surface area contributed by atoms with Gasteiger partial charge in [-0.15, -0.1) is 9.24 Å². The van der Waals surface area contributed by atoms with E-state index in [0.29, 0.717) is 0 Å². The average molecular weight is 304 g/mol. The SMILES string of the molecule is Cc1cnc(-n2c3ccccc3c3ccc(P)cc32)cc1C. The van der Waals surface area contributed by atoms with Gasteiger partial charge in [0.2, 0.25) is 0 Å². The number of aryl methyl sites for hydroxylation is 2. The van der Waals surface area contributed by atoms with Crippen LogP contribution >= 0.6 is 9.24 Å². The third kappa shape index (κ3) is 1.95. The van der Waals surface area contributed by atoms with Crippen molar-refractivity contribution in [2.45, 2.75) is 13.8 Å². The zero-order valence-electron chi connectivity index (χ0n) is 12.7. The fraction of sp³-hybridized carbons (Fsp3) is 0.105. The fourth-order valence-corrected chi connectivity index (χ4v) is 3.22. The molecule has 0 bridgehead atoms. The standard InChI is InChI=1S/C19H17N2P/c1-12-9-19(20-11-13(12)2)21-17-6-4-3-5-15(17)16-8-7-14(22)10-18(16)21/h3-11H,22H2,1-2H3. The van der Waals surface area contributed by atoms with Crippen molar-refractivity contribution in [1.82, 2.24) is 9.55 Å². The van der Waals surface area contributed by atoms with Gasteiger partial charge in [-0.3, -0.25) is 4.57 Å². The lowest BCUT2D eigenvalue weighted by atomic mass is 10.2. The maximum Gasteiger partial charge on any atom is 0.137 e. The Bertz CT molecular complexity index is 1010. The minimum atomic E-state index is 0.977. The zero-order valence-corrected chi connectivity index (χ0v) is 13.8. The number of nitrogens with zero attached hydrogens (tertiary/aromatic N) is 2. The monoisotopic (exact) mass is 304 g/mol. The highest BCUT2D eigenvalue weighted by molar-refractivity contribution is 7.27. The highest BCUT2D eigenvalue weighted by Gasteiger charge is 2.13.